The molecule has 0 bridgehead atoms. The van der Waals surface area contributed by atoms with E-state index in [1.165, 1.54) is 71.8 Å². The van der Waals surface area contributed by atoms with Crippen LogP contribution >= 0.6 is 0 Å². The van der Waals surface area contributed by atoms with E-state index in [9.17, 15) is 14.7 Å². The van der Waals surface area contributed by atoms with Gasteiger partial charge in [0.1, 0.15) is 0 Å². The lowest BCUT2D eigenvalue weighted by Gasteiger charge is -2.18. The van der Waals surface area contributed by atoms with E-state index < -0.39 is 18.1 Å². The van der Waals surface area contributed by atoms with E-state index in [1.807, 2.05) is 0 Å². The van der Waals surface area contributed by atoms with Gasteiger partial charge in [-0.3, -0.25) is 4.79 Å². The number of ether oxygens (including phenoxy) is 1. The Balaban J connectivity index is 3.52. The van der Waals surface area contributed by atoms with Crippen molar-refractivity contribution in [1.29, 1.82) is 0 Å². The van der Waals surface area contributed by atoms with Crippen LogP contribution in [0, 0.1) is 0 Å². The number of aliphatic hydroxyl groups excluding tert-OH is 1. The highest BCUT2D eigenvalue weighted by molar-refractivity contribution is 5.84. The van der Waals surface area contributed by atoms with Gasteiger partial charge in [-0.2, -0.15) is 0 Å². The minimum atomic E-state index is -0.986. The molecule has 0 saturated heterocycles. The van der Waals surface area contributed by atoms with Crippen LogP contribution in [0.1, 0.15) is 104 Å². The number of unbranched alkanes of at least 4 members (excludes halogenated alkanes) is 11. The molecule has 0 aromatic rings. The molecule has 0 aliphatic rings. The number of amides is 1. The smallest absolute Gasteiger partial charge is 0.331 e. The normalized spacial score (nSPS) is 13.4. The van der Waals surface area contributed by atoms with Crippen LogP contribution in [0.4, 0.5) is 0 Å². The van der Waals surface area contributed by atoms with E-state index in [0.29, 0.717) is 6.42 Å². The molecule has 0 spiro atoms. The Morgan fingerprint density at radius 2 is 1.39 bits per heavy atom. The predicted molar refractivity (Wildman–Crippen MR) is 115 cm³/mol. The summed E-state index contributed by atoms with van der Waals surface area (Å²) in [6.07, 6.45) is 19.8. The molecule has 28 heavy (non-hydrogen) atoms. The Kier molecular flexibility index (Phi) is 18.1. The van der Waals surface area contributed by atoms with E-state index in [-0.39, 0.29) is 5.91 Å². The number of methoxy groups -OCH3 is 1. The lowest BCUT2D eigenvalue weighted by Crippen LogP contribution is -2.48. The van der Waals surface area contributed by atoms with Crippen LogP contribution in [-0.2, 0) is 14.3 Å². The number of carbonyl (C=O) groups excluding carboxylic acids is 2. The van der Waals surface area contributed by atoms with Crippen LogP contribution in [-0.4, -0.2) is 36.2 Å². The van der Waals surface area contributed by atoms with E-state index in [2.05, 4.69) is 29.1 Å². The number of hydrogen-bond donors (Lipinski definition) is 2. The van der Waals surface area contributed by atoms with Crippen molar-refractivity contribution >= 4 is 11.9 Å². The molecule has 0 heterocycles. The van der Waals surface area contributed by atoms with Crippen LogP contribution in [0.5, 0.6) is 0 Å². The van der Waals surface area contributed by atoms with Gasteiger partial charge in [-0.15, -0.1) is 0 Å². The summed E-state index contributed by atoms with van der Waals surface area (Å²) in [5, 5.41) is 12.1. The van der Waals surface area contributed by atoms with Gasteiger partial charge in [-0.25, -0.2) is 4.79 Å². The monoisotopic (exact) mass is 397 g/mol. The van der Waals surface area contributed by atoms with Crippen molar-refractivity contribution in [3.05, 3.63) is 12.2 Å². The quantitative estimate of drug-likeness (QED) is 0.192. The van der Waals surface area contributed by atoms with Crippen LogP contribution < -0.4 is 5.32 Å². The fraction of sp³-hybridized carbons (Fsp3) is 0.826. The van der Waals surface area contributed by atoms with Crippen molar-refractivity contribution < 1.29 is 19.4 Å². The molecule has 0 aromatic carbocycles. The van der Waals surface area contributed by atoms with E-state index in [4.69, 9.17) is 0 Å². The Hall–Kier alpha value is -1.36. The first kappa shape index (κ1) is 26.6. The maximum Gasteiger partial charge on any atom is 0.331 e. The van der Waals surface area contributed by atoms with Gasteiger partial charge in [0.15, 0.2) is 6.04 Å². The van der Waals surface area contributed by atoms with E-state index in [0.717, 1.165) is 25.7 Å². The minimum absolute atomic E-state index is 0.214. The fourth-order valence-corrected chi connectivity index (χ4v) is 3.11. The molecule has 0 saturated carbocycles. The number of hydrogen-bond acceptors (Lipinski definition) is 4. The van der Waals surface area contributed by atoms with Crippen molar-refractivity contribution in [3.8, 4) is 0 Å². The third-order valence-corrected chi connectivity index (χ3v) is 4.92. The predicted octanol–water partition coefficient (Wildman–Crippen LogP) is 5.06. The first-order valence-corrected chi connectivity index (χ1v) is 11.2. The van der Waals surface area contributed by atoms with Crippen molar-refractivity contribution in [1.82, 2.24) is 5.32 Å². The zero-order chi connectivity index (χ0) is 21.0. The van der Waals surface area contributed by atoms with Crippen LogP contribution in [0.3, 0.4) is 0 Å². The Morgan fingerprint density at radius 1 is 0.893 bits per heavy atom. The lowest BCUT2D eigenvalue weighted by atomic mass is 10.1. The molecule has 1 amide bonds. The van der Waals surface area contributed by atoms with Crippen LogP contribution in [0.15, 0.2) is 12.2 Å². The third kappa shape index (κ3) is 15.7. The summed E-state index contributed by atoms with van der Waals surface area (Å²) < 4.78 is 4.59. The van der Waals surface area contributed by atoms with Crippen molar-refractivity contribution in [2.45, 2.75) is 116 Å². The van der Waals surface area contributed by atoms with Gasteiger partial charge in [-0.1, -0.05) is 70.4 Å². The maximum atomic E-state index is 11.9. The topological polar surface area (TPSA) is 75.6 Å². The van der Waals surface area contributed by atoms with Gasteiger partial charge in [-0.05, 0) is 39.0 Å². The molecule has 0 aliphatic heterocycles. The average molecular weight is 398 g/mol. The molecule has 0 rings (SSSR count). The second kappa shape index (κ2) is 19.0. The fourth-order valence-electron chi connectivity index (χ4n) is 3.11. The molecular formula is C23H43NO4. The number of allylic oxidation sites excluding steroid dienone is 2. The highest BCUT2D eigenvalue weighted by atomic mass is 16.5. The minimum Gasteiger partial charge on any atom is -0.467 e. The summed E-state index contributed by atoms with van der Waals surface area (Å²) in [4.78, 5) is 23.4. The van der Waals surface area contributed by atoms with Gasteiger partial charge >= 0.3 is 5.97 Å². The molecule has 0 aromatic heterocycles. The van der Waals surface area contributed by atoms with Crippen molar-refractivity contribution in [2.24, 2.45) is 0 Å². The van der Waals surface area contributed by atoms with Gasteiger partial charge < -0.3 is 15.2 Å². The molecule has 0 radical (unpaired) electrons. The van der Waals surface area contributed by atoms with Crippen LogP contribution in [0.25, 0.3) is 0 Å². The van der Waals surface area contributed by atoms with Crippen molar-refractivity contribution in [3.63, 3.8) is 0 Å². The van der Waals surface area contributed by atoms with Gasteiger partial charge in [0, 0.05) is 6.42 Å². The summed E-state index contributed by atoms with van der Waals surface area (Å²) in [7, 11) is 1.24. The summed E-state index contributed by atoms with van der Waals surface area (Å²) in [5.41, 5.74) is 0. The highest BCUT2D eigenvalue weighted by Crippen LogP contribution is 2.10. The summed E-state index contributed by atoms with van der Waals surface area (Å²) >= 11 is 0. The Labute approximate surface area is 172 Å². The molecule has 2 atom stereocenters. The number of esters is 1. The summed E-state index contributed by atoms with van der Waals surface area (Å²) in [6.45, 7) is 3.71. The zero-order valence-electron chi connectivity index (χ0n) is 18.4. The van der Waals surface area contributed by atoms with E-state index in [1.54, 1.807) is 0 Å². The third-order valence-electron chi connectivity index (χ3n) is 4.92. The molecule has 164 valence electrons. The Morgan fingerprint density at radius 3 is 1.89 bits per heavy atom. The number of carbonyl (C=O) groups is 2. The SMILES string of the molecule is CCCCCCCC/C=C\CCCCCCCC(=O)NC(C(=O)OC)C(C)O. The van der Waals surface area contributed by atoms with Crippen molar-refractivity contribution in [2.75, 3.05) is 7.11 Å². The molecule has 0 fully saturated rings. The molecular weight excluding hydrogens is 354 g/mol. The molecule has 2 unspecified atom stereocenters. The molecule has 2 N–H and O–H groups in total. The van der Waals surface area contributed by atoms with Crippen LogP contribution in [0.2, 0.25) is 0 Å². The number of rotatable bonds is 18. The van der Waals surface area contributed by atoms with Gasteiger partial charge in [0.2, 0.25) is 5.91 Å². The lowest BCUT2D eigenvalue weighted by molar-refractivity contribution is -0.148. The maximum absolute atomic E-state index is 11.9. The highest BCUT2D eigenvalue weighted by Gasteiger charge is 2.25. The molecule has 5 heteroatoms. The average Bonchev–Trinajstić information content (AvgIpc) is 2.68. The summed E-state index contributed by atoms with van der Waals surface area (Å²) in [6, 6.07) is -0.986. The number of aliphatic hydroxyl groups is 1. The van der Waals surface area contributed by atoms with E-state index >= 15 is 0 Å². The molecule has 5 nitrogen and oxygen atoms in total. The first-order chi connectivity index (χ1) is 13.5. The molecule has 0 aliphatic carbocycles. The van der Waals surface area contributed by atoms with Gasteiger partial charge in [0.05, 0.1) is 13.2 Å². The Bertz CT molecular complexity index is 421. The van der Waals surface area contributed by atoms with Gasteiger partial charge in [0.25, 0.3) is 0 Å². The largest absolute Gasteiger partial charge is 0.467 e. The first-order valence-electron chi connectivity index (χ1n) is 11.2. The standard InChI is InChI=1S/C23H43NO4/c1-4-5-6-7-8-9-10-11-12-13-14-15-16-17-18-19-21(26)24-22(20(2)25)23(27)28-3/h11-12,20,22,25H,4-10,13-19H2,1-3H3,(H,24,26)/b12-11-. The summed E-state index contributed by atoms with van der Waals surface area (Å²) in [5.74, 6) is -0.832. The zero-order valence-corrected chi connectivity index (χ0v) is 18.4. The number of nitrogens with one attached hydrogen (secondary N) is 1. The second-order valence-electron chi connectivity index (χ2n) is 7.64. The second-order valence-corrected chi connectivity index (χ2v) is 7.64.